The van der Waals surface area contributed by atoms with Gasteiger partial charge in [0, 0.05) is 11.5 Å². The van der Waals surface area contributed by atoms with Crippen molar-refractivity contribution < 1.29 is 17.9 Å². The molecule has 0 spiro atoms. The molecular formula is C11H13FO3S. The molecule has 0 amide bonds. The molecule has 88 valence electrons. The third-order valence-corrected chi connectivity index (χ3v) is 4.73. The minimum atomic E-state index is -3.04. The summed E-state index contributed by atoms with van der Waals surface area (Å²) in [6.45, 7) is 0. The molecule has 2 unspecified atom stereocenters. The zero-order valence-corrected chi connectivity index (χ0v) is 9.45. The lowest BCUT2D eigenvalue weighted by molar-refractivity contribution is 0.117. The van der Waals surface area contributed by atoms with Gasteiger partial charge in [0.05, 0.1) is 17.6 Å². The molecule has 1 aliphatic rings. The van der Waals surface area contributed by atoms with Crippen LogP contribution in [0.1, 0.15) is 18.1 Å². The van der Waals surface area contributed by atoms with Crippen molar-refractivity contribution in [2.75, 3.05) is 11.5 Å². The smallest absolute Gasteiger partial charge is 0.150 e. The molecule has 2 rings (SSSR count). The minimum Gasteiger partial charge on any atom is -0.388 e. The van der Waals surface area contributed by atoms with E-state index in [1.54, 1.807) is 6.07 Å². The lowest BCUT2D eigenvalue weighted by Crippen LogP contribution is -2.15. The molecule has 1 heterocycles. The number of sulfone groups is 1. The SMILES string of the molecule is O=S1(=O)CCC(C(O)c2ccccc2F)C1. The summed E-state index contributed by atoms with van der Waals surface area (Å²) < 4.78 is 35.9. The maximum Gasteiger partial charge on any atom is 0.150 e. The van der Waals surface area contributed by atoms with Gasteiger partial charge < -0.3 is 5.11 Å². The lowest BCUT2D eigenvalue weighted by atomic mass is 9.95. The highest BCUT2D eigenvalue weighted by molar-refractivity contribution is 7.91. The molecule has 0 aliphatic carbocycles. The van der Waals surface area contributed by atoms with Crippen molar-refractivity contribution in [1.82, 2.24) is 0 Å². The third kappa shape index (κ3) is 2.25. The van der Waals surface area contributed by atoms with Gasteiger partial charge in [0.2, 0.25) is 0 Å². The van der Waals surface area contributed by atoms with Crippen LogP contribution in [0.5, 0.6) is 0 Å². The van der Waals surface area contributed by atoms with Crippen molar-refractivity contribution in [1.29, 1.82) is 0 Å². The van der Waals surface area contributed by atoms with Gasteiger partial charge in [-0.15, -0.1) is 0 Å². The third-order valence-electron chi connectivity index (χ3n) is 2.94. The topological polar surface area (TPSA) is 54.4 Å². The van der Waals surface area contributed by atoms with Gasteiger partial charge in [0.15, 0.2) is 9.84 Å². The fraction of sp³-hybridized carbons (Fsp3) is 0.455. The van der Waals surface area contributed by atoms with Crippen LogP contribution < -0.4 is 0 Å². The Morgan fingerprint density at radius 3 is 2.62 bits per heavy atom. The second-order valence-electron chi connectivity index (χ2n) is 4.13. The molecule has 0 radical (unpaired) electrons. The van der Waals surface area contributed by atoms with Crippen molar-refractivity contribution in [2.45, 2.75) is 12.5 Å². The molecule has 1 saturated heterocycles. The first-order chi connectivity index (χ1) is 7.49. The van der Waals surface area contributed by atoms with Crippen LogP contribution in [0.2, 0.25) is 0 Å². The Bertz CT molecular complexity index is 484. The first kappa shape index (κ1) is 11.5. The van der Waals surface area contributed by atoms with Crippen LogP contribution >= 0.6 is 0 Å². The highest BCUT2D eigenvalue weighted by atomic mass is 32.2. The largest absolute Gasteiger partial charge is 0.388 e. The van der Waals surface area contributed by atoms with E-state index in [4.69, 9.17) is 0 Å². The van der Waals surface area contributed by atoms with E-state index in [2.05, 4.69) is 0 Å². The van der Waals surface area contributed by atoms with Crippen LogP contribution in [0.4, 0.5) is 4.39 Å². The molecule has 3 nitrogen and oxygen atoms in total. The van der Waals surface area contributed by atoms with E-state index in [0.29, 0.717) is 6.42 Å². The quantitative estimate of drug-likeness (QED) is 0.853. The van der Waals surface area contributed by atoms with E-state index in [1.807, 2.05) is 0 Å². The zero-order valence-electron chi connectivity index (χ0n) is 8.64. The van der Waals surface area contributed by atoms with E-state index in [9.17, 15) is 17.9 Å². The Morgan fingerprint density at radius 1 is 1.38 bits per heavy atom. The molecule has 0 aromatic heterocycles. The number of hydrogen-bond donors (Lipinski definition) is 1. The van der Waals surface area contributed by atoms with Crippen LogP contribution in [0.3, 0.4) is 0 Å². The summed E-state index contributed by atoms with van der Waals surface area (Å²) in [7, 11) is -3.04. The Kier molecular flexibility index (Phi) is 2.99. The summed E-state index contributed by atoms with van der Waals surface area (Å²) in [5.41, 5.74) is 0.185. The normalized spacial score (nSPS) is 25.5. The monoisotopic (exact) mass is 244 g/mol. The van der Waals surface area contributed by atoms with Crippen molar-refractivity contribution in [3.8, 4) is 0 Å². The summed E-state index contributed by atoms with van der Waals surface area (Å²) in [5.74, 6) is -0.840. The average Bonchev–Trinajstić information content (AvgIpc) is 2.59. The average molecular weight is 244 g/mol. The van der Waals surface area contributed by atoms with Gasteiger partial charge in [0.25, 0.3) is 0 Å². The summed E-state index contributed by atoms with van der Waals surface area (Å²) >= 11 is 0. The van der Waals surface area contributed by atoms with Gasteiger partial charge in [-0.05, 0) is 12.5 Å². The molecule has 0 bridgehead atoms. The van der Waals surface area contributed by atoms with Crippen LogP contribution in [-0.2, 0) is 9.84 Å². The standard InChI is InChI=1S/C11H13FO3S/c12-10-4-2-1-3-9(10)11(13)8-5-6-16(14,15)7-8/h1-4,8,11,13H,5-7H2. The molecule has 1 aromatic rings. The van der Waals surface area contributed by atoms with Gasteiger partial charge in [-0.25, -0.2) is 12.8 Å². The van der Waals surface area contributed by atoms with Gasteiger partial charge >= 0.3 is 0 Å². The number of aliphatic hydroxyl groups is 1. The van der Waals surface area contributed by atoms with E-state index >= 15 is 0 Å². The Balaban J connectivity index is 2.21. The number of rotatable bonds is 2. The number of hydrogen-bond acceptors (Lipinski definition) is 3. The Hall–Kier alpha value is -0.940. The first-order valence-corrected chi connectivity index (χ1v) is 6.95. The summed E-state index contributed by atoms with van der Waals surface area (Å²) in [4.78, 5) is 0. The fourth-order valence-corrected chi connectivity index (χ4v) is 3.87. The summed E-state index contributed by atoms with van der Waals surface area (Å²) in [5, 5.41) is 9.93. The minimum absolute atomic E-state index is 0.0531. The van der Waals surface area contributed by atoms with Crippen LogP contribution in [0, 0.1) is 11.7 Å². The van der Waals surface area contributed by atoms with Gasteiger partial charge in [-0.3, -0.25) is 0 Å². The van der Waals surface area contributed by atoms with Gasteiger partial charge in [-0.2, -0.15) is 0 Å². The highest BCUT2D eigenvalue weighted by Gasteiger charge is 2.34. The molecule has 2 atom stereocenters. The Labute approximate surface area is 93.8 Å². The second kappa shape index (κ2) is 4.14. The van der Waals surface area contributed by atoms with Crippen molar-refractivity contribution >= 4 is 9.84 Å². The predicted octanol–water partition coefficient (Wildman–Crippen LogP) is 1.29. The summed E-state index contributed by atoms with van der Waals surface area (Å²) in [6.07, 6.45) is -0.629. The lowest BCUT2D eigenvalue weighted by Gasteiger charge is -2.17. The maximum absolute atomic E-state index is 13.4. The maximum atomic E-state index is 13.4. The molecule has 5 heteroatoms. The van der Waals surface area contributed by atoms with E-state index in [0.717, 1.165) is 0 Å². The van der Waals surface area contributed by atoms with E-state index in [-0.39, 0.29) is 23.0 Å². The Morgan fingerprint density at radius 2 is 2.06 bits per heavy atom. The number of halogens is 1. The molecule has 1 aliphatic heterocycles. The van der Waals surface area contributed by atoms with Crippen molar-refractivity contribution in [3.63, 3.8) is 0 Å². The van der Waals surface area contributed by atoms with Gasteiger partial charge in [-0.1, -0.05) is 18.2 Å². The second-order valence-corrected chi connectivity index (χ2v) is 6.36. The molecular weight excluding hydrogens is 231 g/mol. The molecule has 16 heavy (non-hydrogen) atoms. The molecule has 1 N–H and O–H groups in total. The van der Waals surface area contributed by atoms with Crippen LogP contribution in [-0.4, -0.2) is 25.0 Å². The van der Waals surface area contributed by atoms with E-state index in [1.165, 1.54) is 18.2 Å². The molecule has 0 saturated carbocycles. The summed E-state index contributed by atoms with van der Waals surface area (Å²) in [6, 6.07) is 5.93. The zero-order chi connectivity index (χ0) is 11.8. The molecule has 1 fully saturated rings. The predicted molar refractivity (Wildman–Crippen MR) is 58.1 cm³/mol. The van der Waals surface area contributed by atoms with E-state index < -0.39 is 21.8 Å². The van der Waals surface area contributed by atoms with Crippen molar-refractivity contribution in [3.05, 3.63) is 35.6 Å². The fourth-order valence-electron chi connectivity index (χ4n) is 2.04. The first-order valence-electron chi connectivity index (χ1n) is 5.12. The molecule has 1 aromatic carbocycles. The number of benzene rings is 1. The van der Waals surface area contributed by atoms with Crippen molar-refractivity contribution in [2.24, 2.45) is 5.92 Å². The van der Waals surface area contributed by atoms with Crippen LogP contribution in [0.15, 0.2) is 24.3 Å². The van der Waals surface area contributed by atoms with Crippen LogP contribution in [0.25, 0.3) is 0 Å². The van der Waals surface area contributed by atoms with Gasteiger partial charge in [0.1, 0.15) is 5.82 Å². The highest BCUT2D eigenvalue weighted by Crippen LogP contribution is 2.32. The number of aliphatic hydroxyl groups excluding tert-OH is 1.